The third-order valence-electron chi connectivity index (χ3n) is 3.01. The van der Waals surface area contributed by atoms with Crippen LogP contribution >= 0.6 is 23.4 Å². The Morgan fingerprint density at radius 3 is 2.45 bits per heavy atom. The van der Waals surface area contributed by atoms with E-state index in [-0.39, 0.29) is 6.04 Å². The van der Waals surface area contributed by atoms with E-state index in [1.165, 1.54) is 23.9 Å². The SMILES string of the molecule is CNC(C)c1ccc(Sc2ccc(F)c(F)c2)c(Cl)c1. The van der Waals surface area contributed by atoms with E-state index in [4.69, 9.17) is 11.6 Å². The molecule has 1 nitrogen and oxygen atoms in total. The molecule has 0 spiro atoms. The Bertz CT molecular complexity index is 619. The number of benzene rings is 2. The Morgan fingerprint density at radius 1 is 1.10 bits per heavy atom. The van der Waals surface area contributed by atoms with Gasteiger partial charge in [0.1, 0.15) is 0 Å². The Morgan fingerprint density at radius 2 is 1.85 bits per heavy atom. The Labute approximate surface area is 126 Å². The van der Waals surface area contributed by atoms with Crippen LogP contribution in [0.5, 0.6) is 0 Å². The first-order valence-corrected chi connectivity index (χ1v) is 7.30. The van der Waals surface area contributed by atoms with Gasteiger partial charge < -0.3 is 5.32 Å². The highest BCUT2D eigenvalue weighted by Crippen LogP contribution is 2.35. The summed E-state index contributed by atoms with van der Waals surface area (Å²) in [6.45, 7) is 2.04. The molecule has 1 N–H and O–H groups in total. The second kappa shape index (κ2) is 6.57. The van der Waals surface area contributed by atoms with Crippen LogP contribution in [0.1, 0.15) is 18.5 Å². The molecule has 0 saturated heterocycles. The third kappa shape index (κ3) is 3.51. The summed E-state index contributed by atoms with van der Waals surface area (Å²) < 4.78 is 26.0. The van der Waals surface area contributed by atoms with Crippen LogP contribution in [-0.2, 0) is 0 Å². The van der Waals surface area contributed by atoms with Gasteiger partial charge in [0.2, 0.25) is 0 Å². The molecule has 0 bridgehead atoms. The number of hydrogen-bond donors (Lipinski definition) is 1. The zero-order valence-corrected chi connectivity index (χ0v) is 12.7. The Hall–Kier alpha value is -1.10. The van der Waals surface area contributed by atoms with Crippen LogP contribution < -0.4 is 5.32 Å². The second-order valence-electron chi connectivity index (χ2n) is 4.38. The van der Waals surface area contributed by atoms with Gasteiger partial charge >= 0.3 is 0 Å². The van der Waals surface area contributed by atoms with E-state index in [0.29, 0.717) is 9.92 Å². The molecular weight excluding hydrogens is 300 g/mol. The maximum Gasteiger partial charge on any atom is 0.159 e. The highest BCUT2D eigenvalue weighted by molar-refractivity contribution is 7.99. The van der Waals surface area contributed by atoms with Gasteiger partial charge in [0, 0.05) is 15.8 Å². The summed E-state index contributed by atoms with van der Waals surface area (Å²) >= 11 is 7.54. The minimum Gasteiger partial charge on any atom is -0.313 e. The largest absolute Gasteiger partial charge is 0.313 e. The van der Waals surface area contributed by atoms with Crippen molar-refractivity contribution < 1.29 is 8.78 Å². The molecule has 0 aliphatic heterocycles. The van der Waals surface area contributed by atoms with Crippen molar-refractivity contribution in [2.45, 2.75) is 22.8 Å². The van der Waals surface area contributed by atoms with Gasteiger partial charge in [0.25, 0.3) is 0 Å². The topological polar surface area (TPSA) is 12.0 Å². The summed E-state index contributed by atoms with van der Waals surface area (Å²) in [5, 5.41) is 3.73. The van der Waals surface area contributed by atoms with Crippen molar-refractivity contribution in [2.24, 2.45) is 0 Å². The fraction of sp³-hybridized carbons (Fsp3) is 0.200. The summed E-state index contributed by atoms with van der Waals surface area (Å²) in [6, 6.07) is 9.75. The summed E-state index contributed by atoms with van der Waals surface area (Å²) in [6.07, 6.45) is 0. The van der Waals surface area contributed by atoms with E-state index in [0.717, 1.165) is 16.5 Å². The Kier molecular flexibility index (Phi) is 5.02. The fourth-order valence-corrected chi connectivity index (χ4v) is 2.85. The van der Waals surface area contributed by atoms with E-state index < -0.39 is 11.6 Å². The van der Waals surface area contributed by atoms with Crippen molar-refractivity contribution in [3.8, 4) is 0 Å². The van der Waals surface area contributed by atoms with E-state index >= 15 is 0 Å². The molecule has 20 heavy (non-hydrogen) atoms. The zero-order chi connectivity index (χ0) is 14.7. The molecule has 0 saturated carbocycles. The third-order valence-corrected chi connectivity index (χ3v) is 4.50. The van der Waals surface area contributed by atoms with Crippen LogP contribution in [0.3, 0.4) is 0 Å². The molecule has 1 unspecified atom stereocenters. The van der Waals surface area contributed by atoms with Crippen LogP contribution in [0.25, 0.3) is 0 Å². The van der Waals surface area contributed by atoms with E-state index in [1.807, 2.05) is 32.2 Å². The van der Waals surface area contributed by atoms with Gasteiger partial charge in [-0.05, 0) is 49.9 Å². The monoisotopic (exact) mass is 313 g/mol. The van der Waals surface area contributed by atoms with Crippen LogP contribution in [0.15, 0.2) is 46.2 Å². The quantitative estimate of drug-likeness (QED) is 0.847. The van der Waals surface area contributed by atoms with Gasteiger partial charge in [-0.25, -0.2) is 8.78 Å². The van der Waals surface area contributed by atoms with Gasteiger partial charge in [-0.3, -0.25) is 0 Å². The molecule has 2 rings (SSSR count). The summed E-state index contributed by atoms with van der Waals surface area (Å²) in [4.78, 5) is 1.42. The molecule has 0 aromatic heterocycles. The fourth-order valence-electron chi connectivity index (χ4n) is 1.70. The summed E-state index contributed by atoms with van der Waals surface area (Å²) in [5.74, 6) is -1.70. The first kappa shape index (κ1) is 15.3. The van der Waals surface area contributed by atoms with E-state index in [1.54, 1.807) is 0 Å². The molecule has 0 aliphatic rings. The molecule has 0 amide bonds. The minimum absolute atomic E-state index is 0.204. The van der Waals surface area contributed by atoms with Crippen molar-refractivity contribution in [1.82, 2.24) is 5.32 Å². The van der Waals surface area contributed by atoms with Gasteiger partial charge in [-0.1, -0.05) is 29.4 Å². The minimum atomic E-state index is -0.855. The van der Waals surface area contributed by atoms with Crippen molar-refractivity contribution >= 4 is 23.4 Å². The molecule has 106 valence electrons. The molecule has 0 fully saturated rings. The van der Waals surface area contributed by atoms with E-state index in [2.05, 4.69) is 5.32 Å². The summed E-state index contributed by atoms with van der Waals surface area (Å²) in [7, 11) is 1.88. The van der Waals surface area contributed by atoms with Crippen LogP contribution in [-0.4, -0.2) is 7.05 Å². The standard InChI is InChI=1S/C15H14ClF2NS/c1-9(19-2)10-3-6-15(12(16)7-10)20-11-4-5-13(17)14(18)8-11/h3-9,19H,1-2H3. The average molecular weight is 314 g/mol. The first-order valence-electron chi connectivity index (χ1n) is 6.11. The maximum absolute atomic E-state index is 13.2. The predicted molar refractivity (Wildman–Crippen MR) is 79.4 cm³/mol. The van der Waals surface area contributed by atoms with Crippen molar-refractivity contribution in [3.63, 3.8) is 0 Å². The Balaban J connectivity index is 2.23. The average Bonchev–Trinajstić information content (AvgIpc) is 2.44. The first-order chi connectivity index (χ1) is 9.51. The normalized spacial score (nSPS) is 12.4. The highest BCUT2D eigenvalue weighted by atomic mass is 35.5. The smallest absolute Gasteiger partial charge is 0.159 e. The molecule has 1 atom stereocenters. The van der Waals surface area contributed by atoms with Gasteiger partial charge in [0.05, 0.1) is 5.02 Å². The van der Waals surface area contributed by atoms with Crippen LogP contribution in [0.4, 0.5) is 8.78 Å². The molecule has 5 heteroatoms. The van der Waals surface area contributed by atoms with Crippen molar-refractivity contribution in [1.29, 1.82) is 0 Å². The molecule has 0 aliphatic carbocycles. The number of nitrogens with one attached hydrogen (secondary N) is 1. The maximum atomic E-state index is 13.2. The number of rotatable bonds is 4. The molecular formula is C15H14ClF2NS. The van der Waals surface area contributed by atoms with Crippen LogP contribution in [0.2, 0.25) is 5.02 Å². The lowest BCUT2D eigenvalue weighted by molar-refractivity contribution is 0.506. The zero-order valence-electron chi connectivity index (χ0n) is 11.1. The molecule has 2 aromatic rings. The van der Waals surface area contributed by atoms with Crippen LogP contribution in [0, 0.1) is 11.6 Å². The predicted octanol–water partition coefficient (Wildman–Crippen LogP) is 5.05. The van der Waals surface area contributed by atoms with Crippen molar-refractivity contribution in [3.05, 3.63) is 58.6 Å². The number of hydrogen-bond acceptors (Lipinski definition) is 2. The highest BCUT2D eigenvalue weighted by Gasteiger charge is 2.09. The lowest BCUT2D eigenvalue weighted by Gasteiger charge is -2.12. The molecule has 0 heterocycles. The summed E-state index contributed by atoms with van der Waals surface area (Å²) in [5.41, 5.74) is 1.08. The van der Waals surface area contributed by atoms with E-state index in [9.17, 15) is 8.78 Å². The lowest BCUT2D eigenvalue weighted by Crippen LogP contribution is -2.12. The lowest BCUT2D eigenvalue weighted by atomic mass is 10.1. The van der Waals surface area contributed by atoms with Crippen molar-refractivity contribution in [2.75, 3.05) is 7.05 Å². The molecule has 0 radical (unpaired) electrons. The molecule has 2 aromatic carbocycles. The number of halogens is 3. The van der Waals surface area contributed by atoms with Gasteiger partial charge in [-0.15, -0.1) is 0 Å². The second-order valence-corrected chi connectivity index (χ2v) is 5.90. The van der Waals surface area contributed by atoms with Gasteiger partial charge in [-0.2, -0.15) is 0 Å². The van der Waals surface area contributed by atoms with Gasteiger partial charge in [0.15, 0.2) is 11.6 Å².